The first-order valence-corrected chi connectivity index (χ1v) is 8.33. The van der Waals surface area contributed by atoms with E-state index in [1.54, 1.807) is 17.1 Å². The number of rotatable bonds is 1. The number of hydrogen-bond donors (Lipinski definition) is 2. The molecule has 0 bridgehead atoms. The molecule has 1 aromatic rings. The molecule has 1 aliphatic heterocycles. The van der Waals surface area contributed by atoms with Crippen LogP contribution < -0.4 is 15.8 Å². The van der Waals surface area contributed by atoms with E-state index in [1.165, 1.54) is 0 Å². The van der Waals surface area contributed by atoms with Crippen molar-refractivity contribution in [1.29, 1.82) is 0 Å². The van der Waals surface area contributed by atoms with Crippen LogP contribution in [-0.2, 0) is 0 Å². The van der Waals surface area contributed by atoms with Crippen molar-refractivity contribution in [3.05, 3.63) is 29.3 Å². The van der Waals surface area contributed by atoms with Gasteiger partial charge in [0.05, 0.1) is 5.69 Å². The van der Waals surface area contributed by atoms with Gasteiger partial charge < -0.3 is 5.32 Å². The van der Waals surface area contributed by atoms with Crippen molar-refractivity contribution in [1.82, 2.24) is 10.7 Å². The summed E-state index contributed by atoms with van der Waals surface area (Å²) in [5.41, 5.74) is 4.25. The van der Waals surface area contributed by atoms with E-state index in [0.717, 1.165) is 31.4 Å². The van der Waals surface area contributed by atoms with Crippen molar-refractivity contribution in [3.8, 4) is 0 Å². The van der Waals surface area contributed by atoms with E-state index in [4.69, 9.17) is 11.6 Å². The Morgan fingerprint density at radius 3 is 2.32 bits per heavy atom. The normalized spacial score (nSPS) is 29.0. The van der Waals surface area contributed by atoms with Crippen molar-refractivity contribution < 1.29 is 4.79 Å². The summed E-state index contributed by atoms with van der Waals surface area (Å²) in [5, 5.41) is 5.42. The Balaban J connectivity index is 1.71. The van der Waals surface area contributed by atoms with Crippen LogP contribution in [0, 0.1) is 11.3 Å². The lowest BCUT2D eigenvalue weighted by Crippen LogP contribution is -2.54. The second kappa shape index (κ2) is 5.43. The molecular weight excluding hydrogens is 298 g/mol. The van der Waals surface area contributed by atoms with E-state index in [-0.39, 0.29) is 11.7 Å². The van der Waals surface area contributed by atoms with Gasteiger partial charge in [-0.25, -0.2) is 15.2 Å². The number of nitrogens with zero attached hydrogens (tertiary/aromatic N) is 1. The summed E-state index contributed by atoms with van der Waals surface area (Å²) in [5.74, 6) is 0.710. The molecule has 3 rings (SSSR count). The molecule has 2 amide bonds. The van der Waals surface area contributed by atoms with E-state index in [1.807, 2.05) is 12.1 Å². The Labute approximate surface area is 137 Å². The maximum absolute atomic E-state index is 12.3. The summed E-state index contributed by atoms with van der Waals surface area (Å²) < 4.78 is 0. The van der Waals surface area contributed by atoms with Crippen LogP contribution in [0.1, 0.15) is 46.5 Å². The number of anilines is 1. The summed E-state index contributed by atoms with van der Waals surface area (Å²) in [4.78, 5) is 12.3. The third kappa shape index (κ3) is 2.95. The van der Waals surface area contributed by atoms with E-state index in [9.17, 15) is 4.79 Å². The molecule has 120 valence electrons. The lowest BCUT2D eigenvalue weighted by atomic mass is 9.70. The topological polar surface area (TPSA) is 44.4 Å². The molecule has 22 heavy (non-hydrogen) atoms. The van der Waals surface area contributed by atoms with E-state index >= 15 is 0 Å². The monoisotopic (exact) mass is 321 g/mol. The maximum Gasteiger partial charge on any atom is 0.338 e. The molecule has 1 aliphatic carbocycles. The van der Waals surface area contributed by atoms with Crippen LogP contribution in [0.2, 0.25) is 5.02 Å². The van der Waals surface area contributed by atoms with Crippen LogP contribution in [-0.4, -0.2) is 11.7 Å². The lowest BCUT2D eigenvalue weighted by Gasteiger charge is -2.41. The van der Waals surface area contributed by atoms with Crippen LogP contribution in [0.15, 0.2) is 24.3 Å². The fourth-order valence-corrected chi connectivity index (χ4v) is 3.66. The predicted octanol–water partition coefficient (Wildman–Crippen LogP) is 4.31. The standard InChI is InChI=1S/C17H24ClN3O/c1-16(2,3)12-8-10-17(11-9-12)19-15(22)21(20-17)14-6-4-13(18)5-7-14/h4-7,12,20H,8-11H2,1-3H3,(H,19,22). The largest absolute Gasteiger partial charge is 0.338 e. The Morgan fingerprint density at radius 2 is 1.77 bits per heavy atom. The SMILES string of the molecule is CC(C)(C)C1CCC2(CC1)NC(=O)N(c1ccc(Cl)cc1)N2. The molecule has 2 aliphatic rings. The highest BCUT2D eigenvalue weighted by atomic mass is 35.5. The summed E-state index contributed by atoms with van der Waals surface area (Å²) >= 11 is 5.92. The first-order valence-electron chi connectivity index (χ1n) is 7.95. The molecule has 1 saturated carbocycles. The number of carbonyl (C=O) groups is 1. The smallest absolute Gasteiger partial charge is 0.317 e. The average molecular weight is 322 g/mol. The zero-order valence-electron chi connectivity index (χ0n) is 13.4. The number of urea groups is 1. The van der Waals surface area contributed by atoms with Gasteiger partial charge in [0.1, 0.15) is 5.66 Å². The third-order valence-electron chi connectivity index (χ3n) is 5.02. The van der Waals surface area contributed by atoms with Gasteiger partial charge in [0.15, 0.2) is 0 Å². The molecule has 2 fully saturated rings. The minimum Gasteiger partial charge on any atom is -0.317 e. The number of halogens is 1. The molecule has 0 aromatic heterocycles. The highest BCUT2D eigenvalue weighted by Gasteiger charge is 2.46. The van der Waals surface area contributed by atoms with Gasteiger partial charge in [-0.05, 0) is 61.3 Å². The second-order valence-corrected chi connectivity index (χ2v) is 8.01. The zero-order valence-corrected chi connectivity index (χ0v) is 14.2. The fourth-order valence-electron chi connectivity index (χ4n) is 3.54. The molecule has 5 heteroatoms. The second-order valence-electron chi connectivity index (χ2n) is 7.58. The molecular formula is C17H24ClN3O. The van der Waals surface area contributed by atoms with Gasteiger partial charge in [-0.1, -0.05) is 32.4 Å². The zero-order chi connectivity index (χ0) is 16.0. The van der Waals surface area contributed by atoms with Gasteiger partial charge in [0, 0.05) is 5.02 Å². The number of benzene rings is 1. The summed E-state index contributed by atoms with van der Waals surface area (Å²) in [6.45, 7) is 6.91. The minimum atomic E-state index is -0.293. The number of amides is 2. The summed E-state index contributed by atoms with van der Waals surface area (Å²) in [6.07, 6.45) is 4.19. The summed E-state index contributed by atoms with van der Waals surface area (Å²) in [7, 11) is 0. The number of hydrogen-bond acceptors (Lipinski definition) is 2. The highest BCUT2D eigenvalue weighted by molar-refractivity contribution is 6.30. The van der Waals surface area contributed by atoms with Crippen molar-refractivity contribution in [2.45, 2.75) is 52.1 Å². The Bertz CT molecular complexity index is 556. The molecule has 0 atom stereocenters. The van der Waals surface area contributed by atoms with Crippen LogP contribution >= 0.6 is 11.6 Å². The summed E-state index contributed by atoms with van der Waals surface area (Å²) in [6, 6.07) is 7.22. The van der Waals surface area contributed by atoms with Crippen LogP contribution in [0.4, 0.5) is 10.5 Å². The molecule has 1 aromatic carbocycles. The fraction of sp³-hybridized carbons (Fsp3) is 0.588. The molecule has 1 saturated heterocycles. The van der Waals surface area contributed by atoms with Crippen molar-refractivity contribution in [2.24, 2.45) is 11.3 Å². The Hall–Kier alpha value is -1.26. The number of hydrazine groups is 1. The first-order chi connectivity index (χ1) is 10.3. The molecule has 1 heterocycles. The van der Waals surface area contributed by atoms with Crippen LogP contribution in [0.25, 0.3) is 0 Å². The van der Waals surface area contributed by atoms with Gasteiger partial charge in [0.25, 0.3) is 0 Å². The van der Waals surface area contributed by atoms with Gasteiger partial charge in [0.2, 0.25) is 0 Å². The highest BCUT2D eigenvalue weighted by Crippen LogP contribution is 2.42. The quantitative estimate of drug-likeness (QED) is 0.809. The minimum absolute atomic E-state index is 0.0865. The van der Waals surface area contributed by atoms with Gasteiger partial charge >= 0.3 is 6.03 Å². The number of nitrogens with one attached hydrogen (secondary N) is 2. The van der Waals surface area contributed by atoms with Crippen molar-refractivity contribution in [3.63, 3.8) is 0 Å². The van der Waals surface area contributed by atoms with Crippen LogP contribution in [0.5, 0.6) is 0 Å². The van der Waals surface area contributed by atoms with Crippen molar-refractivity contribution >= 4 is 23.3 Å². The van der Waals surface area contributed by atoms with E-state index in [0.29, 0.717) is 16.4 Å². The predicted molar refractivity (Wildman–Crippen MR) is 89.7 cm³/mol. The van der Waals surface area contributed by atoms with Crippen LogP contribution in [0.3, 0.4) is 0 Å². The maximum atomic E-state index is 12.3. The van der Waals surface area contributed by atoms with Crippen molar-refractivity contribution in [2.75, 3.05) is 5.01 Å². The van der Waals surface area contributed by atoms with E-state index < -0.39 is 0 Å². The van der Waals surface area contributed by atoms with Gasteiger partial charge in [-0.15, -0.1) is 0 Å². The van der Waals surface area contributed by atoms with Gasteiger partial charge in [-0.3, -0.25) is 0 Å². The number of carbonyl (C=O) groups excluding carboxylic acids is 1. The lowest BCUT2D eigenvalue weighted by molar-refractivity contribution is 0.114. The van der Waals surface area contributed by atoms with Gasteiger partial charge in [-0.2, -0.15) is 0 Å². The Kier molecular flexibility index (Phi) is 3.86. The van der Waals surface area contributed by atoms with E-state index in [2.05, 4.69) is 31.5 Å². The Morgan fingerprint density at radius 1 is 1.18 bits per heavy atom. The molecule has 1 spiro atoms. The molecule has 2 N–H and O–H groups in total. The molecule has 0 radical (unpaired) electrons. The first kappa shape index (κ1) is 15.6. The molecule has 4 nitrogen and oxygen atoms in total. The third-order valence-corrected chi connectivity index (χ3v) is 5.28. The average Bonchev–Trinajstić information content (AvgIpc) is 2.76. The molecule has 0 unspecified atom stereocenters.